The van der Waals surface area contributed by atoms with Crippen molar-refractivity contribution in [1.82, 2.24) is 5.43 Å². The fourth-order valence-electron chi connectivity index (χ4n) is 2.33. The summed E-state index contributed by atoms with van der Waals surface area (Å²) in [6.07, 6.45) is 6.91. The van der Waals surface area contributed by atoms with Crippen LogP contribution in [0.2, 0.25) is 0 Å². The molecule has 1 amide bonds. The lowest BCUT2D eigenvalue weighted by molar-refractivity contribution is -0.385. The Balaban J connectivity index is 1.89. The SMILES string of the molecule is CCCCCCCC(=O)NN=Cc1cc2c(cc1[N+](=O)[O-])OCO2. The number of carbonyl (C=O) groups excluding carboxylic acids is 1. The number of nitro benzene ring substituents is 1. The van der Waals surface area contributed by atoms with Crippen LogP contribution in [0, 0.1) is 10.1 Å². The number of unbranched alkanes of at least 4 members (excludes halogenated alkanes) is 4. The van der Waals surface area contributed by atoms with Crippen molar-refractivity contribution in [2.75, 3.05) is 6.79 Å². The first-order valence-electron chi connectivity index (χ1n) is 8.01. The molecular weight excluding hydrogens is 314 g/mol. The van der Waals surface area contributed by atoms with Crippen LogP contribution in [0.3, 0.4) is 0 Å². The number of hydrogen-bond donors (Lipinski definition) is 1. The van der Waals surface area contributed by atoms with Gasteiger partial charge in [0.05, 0.1) is 22.8 Å². The molecule has 24 heavy (non-hydrogen) atoms. The van der Waals surface area contributed by atoms with Crippen LogP contribution >= 0.6 is 0 Å². The van der Waals surface area contributed by atoms with Crippen molar-refractivity contribution >= 4 is 17.8 Å². The van der Waals surface area contributed by atoms with Crippen LogP contribution in [0.1, 0.15) is 51.0 Å². The maximum absolute atomic E-state index is 11.7. The minimum Gasteiger partial charge on any atom is -0.454 e. The fraction of sp³-hybridized carbons (Fsp3) is 0.500. The molecule has 0 spiro atoms. The summed E-state index contributed by atoms with van der Waals surface area (Å²) >= 11 is 0. The summed E-state index contributed by atoms with van der Waals surface area (Å²) in [4.78, 5) is 22.2. The molecule has 0 saturated heterocycles. The fourth-order valence-corrected chi connectivity index (χ4v) is 2.33. The van der Waals surface area contributed by atoms with Gasteiger partial charge in [0.15, 0.2) is 11.5 Å². The molecule has 2 rings (SSSR count). The smallest absolute Gasteiger partial charge is 0.282 e. The zero-order valence-electron chi connectivity index (χ0n) is 13.6. The Labute approximate surface area is 140 Å². The number of rotatable bonds is 9. The second-order valence-corrected chi connectivity index (χ2v) is 5.48. The topological polar surface area (TPSA) is 103 Å². The van der Waals surface area contributed by atoms with E-state index < -0.39 is 4.92 Å². The van der Waals surface area contributed by atoms with Crippen molar-refractivity contribution in [2.45, 2.75) is 45.4 Å². The molecule has 8 nitrogen and oxygen atoms in total. The number of hydrazone groups is 1. The van der Waals surface area contributed by atoms with Gasteiger partial charge in [0, 0.05) is 6.42 Å². The van der Waals surface area contributed by atoms with Crippen LogP contribution in [0.5, 0.6) is 11.5 Å². The number of nitrogens with zero attached hydrogens (tertiary/aromatic N) is 2. The first-order valence-corrected chi connectivity index (χ1v) is 8.01. The van der Waals surface area contributed by atoms with E-state index in [1.54, 1.807) is 0 Å². The van der Waals surface area contributed by atoms with Crippen molar-refractivity contribution in [1.29, 1.82) is 0 Å². The lowest BCUT2D eigenvalue weighted by Gasteiger charge is -2.02. The molecule has 0 aromatic heterocycles. The van der Waals surface area contributed by atoms with Crippen LogP contribution in [-0.4, -0.2) is 23.8 Å². The number of amides is 1. The largest absolute Gasteiger partial charge is 0.454 e. The Morgan fingerprint density at radius 1 is 1.29 bits per heavy atom. The number of nitrogens with one attached hydrogen (secondary N) is 1. The van der Waals surface area contributed by atoms with E-state index in [2.05, 4.69) is 17.5 Å². The molecular formula is C16H21N3O5. The Morgan fingerprint density at radius 2 is 2.00 bits per heavy atom. The molecule has 130 valence electrons. The van der Waals surface area contributed by atoms with Gasteiger partial charge in [0.2, 0.25) is 12.7 Å². The van der Waals surface area contributed by atoms with Crippen LogP contribution in [0.25, 0.3) is 0 Å². The molecule has 1 aromatic carbocycles. The average Bonchev–Trinajstić information content (AvgIpc) is 3.01. The molecule has 0 aliphatic carbocycles. The van der Waals surface area contributed by atoms with Gasteiger partial charge in [-0.05, 0) is 12.5 Å². The summed E-state index contributed by atoms with van der Waals surface area (Å²) in [7, 11) is 0. The quantitative estimate of drug-likeness (QED) is 0.323. The Hall–Kier alpha value is -2.64. The molecule has 1 aliphatic heterocycles. The van der Waals surface area contributed by atoms with E-state index in [1.165, 1.54) is 24.8 Å². The first-order chi connectivity index (χ1) is 11.6. The normalized spacial score (nSPS) is 12.5. The van der Waals surface area contributed by atoms with Gasteiger partial charge in [-0.3, -0.25) is 14.9 Å². The van der Waals surface area contributed by atoms with Crippen molar-refractivity contribution in [3.63, 3.8) is 0 Å². The van der Waals surface area contributed by atoms with Crippen LogP contribution in [0.15, 0.2) is 17.2 Å². The minimum absolute atomic E-state index is 0.0296. The molecule has 0 saturated carbocycles. The van der Waals surface area contributed by atoms with Gasteiger partial charge in [-0.25, -0.2) is 5.43 Å². The van der Waals surface area contributed by atoms with Gasteiger partial charge in [-0.1, -0.05) is 32.6 Å². The minimum atomic E-state index is -0.529. The van der Waals surface area contributed by atoms with Gasteiger partial charge < -0.3 is 9.47 Å². The van der Waals surface area contributed by atoms with Crippen molar-refractivity contribution < 1.29 is 19.2 Å². The molecule has 1 N–H and O–H groups in total. The van der Waals surface area contributed by atoms with Gasteiger partial charge in [-0.15, -0.1) is 0 Å². The molecule has 0 atom stereocenters. The van der Waals surface area contributed by atoms with Gasteiger partial charge in [0.1, 0.15) is 0 Å². The Morgan fingerprint density at radius 3 is 2.71 bits per heavy atom. The van der Waals surface area contributed by atoms with E-state index in [4.69, 9.17) is 9.47 Å². The van der Waals surface area contributed by atoms with Gasteiger partial charge >= 0.3 is 0 Å². The van der Waals surface area contributed by atoms with E-state index in [0.717, 1.165) is 25.7 Å². The molecule has 1 heterocycles. The number of nitro groups is 1. The summed E-state index contributed by atoms with van der Waals surface area (Å²) in [5.74, 6) is 0.547. The number of hydrogen-bond acceptors (Lipinski definition) is 6. The highest BCUT2D eigenvalue weighted by Gasteiger charge is 2.22. The predicted octanol–water partition coefficient (Wildman–Crippen LogP) is 3.13. The molecule has 0 radical (unpaired) electrons. The highest BCUT2D eigenvalue weighted by Crippen LogP contribution is 2.37. The van der Waals surface area contributed by atoms with E-state index in [9.17, 15) is 14.9 Å². The summed E-state index contributed by atoms with van der Waals surface area (Å²) in [5, 5.41) is 14.9. The number of benzene rings is 1. The van der Waals surface area contributed by atoms with Crippen molar-refractivity contribution in [2.24, 2.45) is 5.10 Å². The average molecular weight is 335 g/mol. The van der Waals surface area contributed by atoms with E-state index in [-0.39, 0.29) is 24.0 Å². The van der Waals surface area contributed by atoms with Gasteiger partial charge in [0.25, 0.3) is 5.69 Å². The lowest BCUT2D eigenvalue weighted by Crippen LogP contribution is -2.17. The maximum Gasteiger partial charge on any atom is 0.282 e. The number of ether oxygens (including phenoxy) is 2. The van der Waals surface area contributed by atoms with E-state index in [0.29, 0.717) is 17.9 Å². The van der Waals surface area contributed by atoms with Gasteiger partial charge in [-0.2, -0.15) is 5.10 Å². The van der Waals surface area contributed by atoms with E-state index in [1.807, 2.05) is 0 Å². The zero-order valence-corrected chi connectivity index (χ0v) is 13.6. The highest BCUT2D eigenvalue weighted by atomic mass is 16.7. The van der Waals surface area contributed by atoms with Crippen LogP contribution in [-0.2, 0) is 4.79 Å². The highest BCUT2D eigenvalue weighted by molar-refractivity contribution is 5.88. The maximum atomic E-state index is 11.7. The number of fused-ring (bicyclic) bond motifs is 1. The second-order valence-electron chi connectivity index (χ2n) is 5.48. The second kappa shape index (κ2) is 8.85. The summed E-state index contributed by atoms with van der Waals surface area (Å²) in [6.45, 7) is 2.17. The predicted molar refractivity (Wildman–Crippen MR) is 88.3 cm³/mol. The summed E-state index contributed by atoms with van der Waals surface area (Å²) in [5.41, 5.74) is 2.48. The summed E-state index contributed by atoms with van der Waals surface area (Å²) < 4.78 is 10.3. The molecule has 0 fully saturated rings. The first kappa shape index (κ1) is 17.7. The third-order valence-electron chi connectivity index (χ3n) is 3.62. The third kappa shape index (κ3) is 4.94. The molecule has 1 aliphatic rings. The van der Waals surface area contributed by atoms with Crippen molar-refractivity contribution in [3.8, 4) is 11.5 Å². The van der Waals surface area contributed by atoms with Crippen LogP contribution < -0.4 is 14.9 Å². The lowest BCUT2D eigenvalue weighted by atomic mass is 10.1. The monoisotopic (exact) mass is 335 g/mol. The Bertz CT molecular complexity index is 630. The van der Waals surface area contributed by atoms with Crippen LogP contribution in [0.4, 0.5) is 5.69 Å². The Kier molecular flexibility index (Phi) is 6.53. The molecule has 0 unspecified atom stereocenters. The molecule has 1 aromatic rings. The zero-order chi connectivity index (χ0) is 17.4. The van der Waals surface area contributed by atoms with Crippen molar-refractivity contribution in [3.05, 3.63) is 27.8 Å². The summed E-state index contributed by atoms with van der Waals surface area (Å²) in [6, 6.07) is 2.76. The molecule has 8 heteroatoms. The number of carbonyl (C=O) groups is 1. The third-order valence-corrected chi connectivity index (χ3v) is 3.62. The standard InChI is InChI=1S/C16H21N3O5/c1-2-3-4-5-6-7-16(20)18-17-10-12-8-14-15(24-11-23-14)9-13(12)19(21)22/h8-10H,2-7,11H2,1H3,(H,18,20). The van der Waals surface area contributed by atoms with E-state index >= 15 is 0 Å². The molecule has 0 bridgehead atoms.